The lowest BCUT2D eigenvalue weighted by Gasteiger charge is -2.09. The summed E-state index contributed by atoms with van der Waals surface area (Å²) in [5, 5.41) is 4.69. The lowest BCUT2D eigenvalue weighted by Crippen LogP contribution is -1.85. The predicted octanol–water partition coefficient (Wildman–Crippen LogP) is 6.16. The molecule has 0 aliphatic carbocycles. The summed E-state index contributed by atoms with van der Waals surface area (Å²) in [6.45, 7) is 0. The zero-order chi connectivity index (χ0) is 15.2. The molecular weight excluding hydrogens is 310 g/mol. The third kappa shape index (κ3) is 3.50. The molecule has 0 spiro atoms. The van der Waals surface area contributed by atoms with Gasteiger partial charge in [0.1, 0.15) is 0 Å². The van der Waals surface area contributed by atoms with Crippen molar-refractivity contribution in [1.29, 1.82) is 0 Å². The van der Waals surface area contributed by atoms with Crippen LogP contribution >= 0.6 is 23.5 Å². The smallest absolute Gasteiger partial charge is 0.0847 e. The summed E-state index contributed by atoms with van der Waals surface area (Å²) in [6.07, 6.45) is 1.13. The molecule has 0 unspecified atom stereocenters. The van der Waals surface area contributed by atoms with Crippen molar-refractivity contribution in [3.63, 3.8) is 0 Å². The topological polar surface area (TPSA) is 48.8 Å². The fourth-order valence-corrected chi connectivity index (χ4v) is 4.62. The van der Waals surface area contributed by atoms with Gasteiger partial charge in [-0.2, -0.15) is 0 Å². The molecule has 0 saturated heterocycles. The largest absolute Gasteiger partial charge is 0.124 e. The molecule has 3 rings (SSSR count). The highest BCUT2D eigenvalue weighted by Crippen LogP contribution is 2.40. The Bertz CT molecular complexity index is 717. The molecule has 0 N–H and O–H groups in total. The van der Waals surface area contributed by atoms with E-state index in [-0.39, 0.29) is 0 Å². The van der Waals surface area contributed by atoms with Crippen molar-refractivity contribution in [3.05, 3.63) is 75.6 Å². The first-order valence-electron chi connectivity index (χ1n) is 7.09. The number of rotatable bonds is 3. The normalized spacial score (nSPS) is 15.1. The van der Waals surface area contributed by atoms with Crippen LogP contribution in [0.25, 0.3) is 26.5 Å². The Morgan fingerprint density at radius 1 is 0.818 bits per heavy atom. The summed E-state index contributed by atoms with van der Waals surface area (Å²) >= 11 is 3.43. The third-order valence-electron chi connectivity index (χ3n) is 3.36. The van der Waals surface area contributed by atoms with Crippen molar-refractivity contribution in [3.8, 4) is 11.1 Å². The van der Waals surface area contributed by atoms with Gasteiger partial charge in [-0.25, -0.2) is 0 Å². The first-order chi connectivity index (χ1) is 10.9. The highest BCUT2D eigenvalue weighted by atomic mass is 32.2. The van der Waals surface area contributed by atoms with Crippen LogP contribution in [-0.4, -0.2) is 11.5 Å². The van der Waals surface area contributed by atoms with Crippen LogP contribution in [0, 0.1) is 0 Å². The minimum absolute atomic E-state index is 0.803. The van der Waals surface area contributed by atoms with Crippen molar-refractivity contribution in [2.24, 2.45) is 5.11 Å². The van der Waals surface area contributed by atoms with E-state index >= 15 is 0 Å². The molecule has 2 aromatic rings. The Morgan fingerprint density at radius 2 is 1.45 bits per heavy atom. The monoisotopic (exact) mass is 325 g/mol. The number of thioether (sulfide) groups is 2. The van der Waals surface area contributed by atoms with E-state index in [0.717, 1.165) is 33.4 Å². The van der Waals surface area contributed by atoms with Crippen molar-refractivity contribution in [1.82, 2.24) is 0 Å². The Hall–Kier alpha value is -1.81. The van der Waals surface area contributed by atoms with E-state index in [0.29, 0.717) is 0 Å². The average Bonchev–Trinajstić information content (AvgIpc) is 2.82. The number of hydrogen-bond acceptors (Lipinski definition) is 3. The SMILES string of the molecule is [N-]=[N+]=NC1=C(c2ccc(-c3ccccc3)cc2)SCCCS1. The average molecular weight is 325 g/mol. The fourth-order valence-electron chi connectivity index (χ4n) is 2.30. The van der Waals surface area contributed by atoms with Gasteiger partial charge in [0.15, 0.2) is 0 Å². The second kappa shape index (κ2) is 7.45. The molecule has 110 valence electrons. The maximum absolute atomic E-state index is 8.77. The van der Waals surface area contributed by atoms with E-state index in [9.17, 15) is 0 Å². The zero-order valence-corrected chi connectivity index (χ0v) is 13.6. The zero-order valence-electron chi connectivity index (χ0n) is 12.0. The van der Waals surface area contributed by atoms with Crippen LogP contribution in [0.4, 0.5) is 0 Å². The van der Waals surface area contributed by atoms with E-state index < -0.39 is 0 Å². The van der Waals surface area contributed by atoms with Crippen molar-refractivity contribution < 1.29 is 0 Å². The van der Waals surface area contributed by atoms with Gasteiger partial charge in [0.05, 0.1) is 5.03 Å². The van der Waals surface area contributed by atoms with Crippen LogP contribution in [-0.2, 0) is 0 Å². The van der Waals surface area contributed by atoms with Gasteiger partial charge in [-0.3, -0.25) is 0 Å². The lowest BCUT2D eigenvalue weighted by molar-refractivity contribution is 1.13. The molecule has 22 heavy (non-hydrogen) atoms. The Labute approximate surface area is 138 Å². The minimum atomic E-state index is 0.803. The first kappa shape index (κ1) is 15.1. The summed E-state index contributed by atoms with van der Waals surface area (Å²) in [5.74, 6) is 2.07. The van der Waals surface area contributed by atoms with Crippen LogP contribution in [0.15, 0.2) is 64.7 Å². The van der Waals surface area contributed by atoms with Gasteiger partial charge in [-0.1, -0.05) is 59.7 Å². The van der Waals surface area contributed by atoms with Crippen LogP contribution in [0.2, 0.25) is 0 Å². The van der Waals surface area contributed by atoms with Crippen LogP contribution in [0.5, 0.6) is 0 Å². The summed E-state index contributed by atoms with van der Waals surface area (Å²) in [4.78, 5) is 4.07. The molecule has 0 bridgehead atoms. The van der Waals surface area contributed by atoms with Gasteiger partial charge in [0.25, 0.3) is 0 Å². The molecule has 2 aromatic carbocycles. The molecular formula is C17H15N3S2. The van der Waals surface area contributed by atoms with E-state index in [4.69, 9.17) is 5.53 Å². The molecule has 0 fully saturated rings. The molecule has 0 aromatic heterocycles. The molecule has 0 saturated carbocycles. The van der Waals surface area contributed by atoms with Crippen molar-refractivity contribution in [2.45, 2.75) is 6.42 Å². The van der Waals surface area contributed by atoms with E-state index in [2.05, 4.69) is 46.4 Å². The van der Waals surface area contributed by atoms with Crippen LogP contribution in [0.1, 0.15) is 12.0 Å². The maximum atomic E-state index is 8.77. The van der Waals surface area contributed by atoms with Gasteiger partial charge in [0, 0.05) is 9.82 Å². The van der Waals surface area contributed by atoms with E-state index in [1.165, 1.54) is 11.1 Å². The molecule has 1 aliphatic heterocycles. The maximum Gasteiger partial charge on any atom is 0.0847 e. The van der Waals surface area contributed by atoms with Gasteiger partial charge in [-0.15, -0.1) is 23.5 Å². The number of benzene rings is 2. The summed E-state index contributed by atoms with van der Waals surface area (Å²) < 4.78 is 0. The summed E-state index contributed by atoms with van der Waals surface area (Å²) in [5.41, 5.74) is 12.3. The molecule has 5 heteroatoms. The number of azide groups is 1. The van der Waals surface area contributed by atoms with Crippen molar-refractivity contribution >= 4 is 28.4 Å². The van der Waals surface area contributed by atoms with Crippen molar-refractivity contribution in [2.75, 3.05) is 11.5 Å². The molecule has 0 atom stereocenters. The predicted molar refractivity (Wildman–Crippen MR) is 97.5 cm³/mol. The standard InChI is InChI=1S/C17H15N3S2/c18-20-19-17-16(21-11-4-12-22-17)15-9-7-14(8-10-15)13-5-2-1-3-6-13/h1-3,5-10H,4,11-12H2. The van der Waals surface area contributed by atoms with Gasteiger partial charge in [-0.05, 0) is 40.1 Å². The minimum Gasteiger partial charge on any atom is -0.124 e. The molecule has 3 nitrogen and oxygen atoms in total. The number of hydrogen-bond donors (Lipinski definition) is 0. The Balaban J connectivity index is 1.95. The van der Waals surface area contributed by atoms with E-state index in [1.54, 1.807) is 23.5 Å². The fraction of sp³-hybridized carbons (Fsp3) is 0.176. The first-order valence-corrected chi connectivity index (χ1v) is 9.06. The van der Waals surface area contributed by atoms with E-state index in [1.807, 2.05) is 18.2 Å². The number of nitrogens with zero attached hydrogens (tertiary/aromatic N) is 3. The Morgan fingerprint density at radius 3 is 2.18 bits per heavy atom. The summed E-state index contributed by atoms with van der Waals surface area (Å²) in [6, 6.07) is 18.8. The Kier molecular flexibility index (Phi) is 5.11. The molecule has 1 aliphatic rings. The lowest BCUT2D eigenvalue weighted by atomic mass is 10.0. The van der Waals surface area contributed by atoms with Crippen LogP contribution in [0.3, 0.4) is 0 Å². The van der Waals surface area contributed by atoms with Gasteiger partial charge < -0.3 is 0 Å². The summed E-state index contributed by atoms with van der Waals surface area (Å²) in [7, 11) is 0. The highest BCUT2D eigenvalue weighted by Gasteiger charge is 2.13. The molecule has 0 amide bonds. The quantitative estimate of drug-likeness (QED) is 0.385. The van der Waals surface area contributed by atoms with Crippen LogP contribution < -0.4 is 0 Å². The molecule has 0 radical (unpaired) electrons. The third-order valence-corrected chi connectivity index (χ3v) is 5.75. The van der Waals surface area contributed by atoms with Gasteiger partial charge in [0.2, 0.25) is 0 Å². The molecule has 1 heterocycles. The second-order valence-electron chi connectivity index (χ2n) is 4.82. The second-order valence-corrected chi connectivity index (χ2v) is 7.01. The van der Waals surface area contributed by atoms with Gasteiger partial charge >= 0.3 is 0 Å². The highest BCUT2D eigenvalue weighted by molar-refractivity contribution is 8.11.